The minimum absolute atomic E-state index is 0.109. The van der Waals surface area contributed by atoms with Gasteiger partial charge in [0.05, 0.1) is 24.8 Å². The third-order valence-corrected chi connectivity index (χ3v) is 6.50. The van der Waals surface area contributed by atoms with Crippen molar-refractivity contribution in [2.75, 3.05) is 13.1 Å². The Kier molecular flexibility index (Phi) is 5.57. The van der Waals surface area contributed by atoms with Crippen LogP contribution in [0.25, 0.3) is 0 Å². The first-order valence-electron chi connectivity index (χ1n) is 10.4. The lowest BCUT2D eigenvalue weighted by molar-refractivity contribution is 0.0694. The van der Waals surface area contributed by atoms with Crippen molar-refractivity contribution in [3.8, 4) is 0 Å². The molecule has 1 unspecified atom stereocenters. The van der Waals surface area contributed by atoms with Crippen LogP contribution in [0.15, 0.2) is 42.9 Å². The van der Waals surface area contributed by atoms with Crippen LogP contribution in [0.3, 0.4) is 0 Å². The maximum atomic E-state index is 13.3. The number of likely N-dealkylation sites (tertiary alicyclic amines) is 1. The second-order valence-electron chi connectivity index (χ2n) is 7.89. The zero-order chi connectivity index (χ0) is 22.2. The highest BCUT2D eigenvalue weighted by Crippen LogP contribution is 2.37. The second kappa shape index (κ2) is 8.52. The molecule has 2 aromatic heterocycles. The van der Waals surface area contributed by atoms with E-state index in [2.05, 4.69) is 15.1 Å². The number of nitrogens with zero attached hydrogens (tertiary/aromatic N) is 6. The quantitative estimate of drug-likeness (QED) is 0.583. The summed E-state index contributed by atoms with van der Waals surface area (Å²) in [6, 6.07) is 8.65. The van der Waals surface area contributed by atoms with E-state index in [0.29, 0.717) is 47.6 Å². The summed E-state index contributed by atoms with van der Waals surface area (Å²) >= 11 is 12.5. The van der Waals surface area contributed by atoms with Gasteiger partial charge < -0.3 is 9.80 Å². The maximum absolute atomic E-state index is 13.3. The molecule has 2 amide bonds. The number of hydrogen-bond donors (Lipinski definition) is 0. The molecule has 0 N–H and O–H groups in total. The van der Waals surface area contributed by atoms with E-state index in [1.807, 2.05) is 11.0 Å². The maximum Gasteiger partial charge on any atom is 0.274 e. The molecule has 1 atom stereocenters. The Labute approximate surface area is 194 Å². The van der Waals surface area contributed by atoms with E-state index in [4.69, 9.17) is 23.2 Å². The molecule has 3 aromatic rings. The highest BCUT2D eigenvalue weighted by molar-refractivity contribution is 6.35. The SMILES string of the molecule is O=C(c1ccncn1)N1CCn2nc(C(=O)N3CCCC3c3ccc(Cl)cc3Cl)cc2C1. The largest absolute Gasteiger partial charge is 0.330 e. The topological polar surface area (TPSA) is 84.2 Å². The normalized spacial score (nSPS) is 18.0. The molecule has 4 heterocycles. The molecule has 0 aliphatic carbocycles. The first-order valence-corrected chi connectivity index (χ1v) is 11.1. The molecule has 8 nitrogen and oxygen atoms in total. The fourth-order valence-electron chi connectivity index (χ4n) is 4.38. The van der Waals surface area contributed by atoms with Gasteiger partial charge in [0, 0.05) is 29.3 Å². The zero-order valence-electron chi connectivity index (χ0n) is 17.1. The van der Waals surface area contributed by atoms with E-state index in [0.717, 1.165) is 24.1 Å². The number of carbonyl (C=O) groups is 2. The summed E-state index contributed by atoms with van der Waals surface area (Å²) in [6.45, 7) is 2.03. The Hall–Kier alpha value is -2.97. The van der Waals surface area contributed by atoms with Gasteiger partial charge in [-0.15, -0.1) is 0 Å². The summed E-state index contributed by atoms with van der Waals surface area (Å²) in [6.07, 6.45) is 4.63. The zero-order valence-corrected chi connectivity index (χ0v) is 18.6. The summed E-state index contributed by atoms with van der Waals surface area (Å²) in [4.78, 5) is 37.5. The van der Waals surface area contributed by atoms with Gasteiger partial charge in [-0.25, -0.2) is 9.97 Å². The van der Waals surface area contributed by atoms with E-state index < -0.39 is 0 Å². The Bertz CT molecular complexity index is 1180. The Balaban J connectivity index is 1.35. The lowest BCUT2D eigenvalue weighted by Crippen LogP contribution is -2.38. The van der Waals surface area contributed by atoms with Crippen LogP contribution in [-0.4, -0.2) is 54.5 Å². The molecule has 1 aromatic carbocycles. The highest BCUT2D eigenvalue weighted by Gasteiger charge is 2.34. The third-order valence-electron chi connectivity index (χ3n) is 5.94. The average molecular weight is 471 g/mol. The van der Waals surface area contributed by atoms with Crippen molar-refractivity contribution in [2.45, 2.75) is 32.0 Å². The van der Waals surface area contributed by atoms with Crippen molar-refractivity contribution < 1.29 is 9.59 Å². The molecule has 2 aliphatic heterocycles. The first kappa shape index (κ1) is 20.9. The van der Waals surface area contributed by atoms with Gasteiger partial charge in [0.25, 0.3) is 11.8 Å². The van der Waals surface area contributed by atoms with Crippen LogP contribution in [0.2, 0.25) is 10.0 Å². The van der Waals surface area contributed by atoms with Gasteiger partial charge in [-0.05, 0) is 42.7 Å². The van der Waals surface area contributed by atoms with Crippen LogP contribution >= 0.6 is 23.2 Å². The first-order chi connectivity index (χ1) is 15.5. The minimum Gasteiger partial charge on any atom is -0.330 e. The summed E-state index contributed by atoms with van der Waals surface area (Å²) in [5, 5.41) is 5.66. The van der Waals surface area contributed by atoms with Crippen molar-refractivity contribution in [3.63, 3.8) is 0 Å². The second-order valence-corrected chi connectivity index (χ2v) is 8.73. The number of benzene rings is 1. The molecule has 0 bridgehead atoms. The summed E-state index contributed by atoms with van der Waals surface area (Å²) in [5.41, 5.74) is 2.45. The molecule has 2 aliphatic rings. The van der Waals surface area contributed by atoms with Crippen LogP contribution in [0, 0.1) is 0 Å². The van der Waals surface area contributed by atoms with Gasteiger partial charge in [-0.2, -0.15) is 5.10 Å². The molecule has 5 rings (SSSR count). The fourth-order valence-corrected chi connectivity index (χ4v) is 4.91. The van der Waals surface area contributed by atoms with Crippen molar-refractivity contribution in [1.29, 1.82) is 0 Å². The van der Waals surface area contributed by atoms with Crippen molar-refractivity contribution >= 4 is 35.0 Å². The van der Waals surface area contributed by atoms with Gasteiger partial charge in [-0.1, -0.05) is 29.3 Å². The third kappa shape index (κ3) is 3.84. The molecular formula is C22H20Cl2N6O2. The highest BCUT2D eigenvalue weighted by atomic mass is 35.5. The smallest absolute Gasteiger partial charge is 0.274 e. The van der Waals surface area contributed by atoms with Crippen molar-refractivity contribution in [3.05, 3.63) is 75.5 Å². The molecule has 0 spiro atoms. The molecule has 0 saturated carbocycles. The van der Waals surface area contributed by atoms with Gasteiger partial charge in [0.15, 0.2) is 5.69 Å². The number of amides is 2. The Morgan fingerprint density at radius 3 is 2.66 bits per heavy atom. The summed E-state index contributed by atoms with van der Waals surface area (Å²) in [5.74, 6) is -0.293. The summed E-state index contributed by atoms with van der Waals surface area (Å²) < 4.78 is 1.80. The predicted octanol–water partition coefficient (Wildman–Crippen LogP) is 3.61. The fraction of sp³-hybridized carbons (Fsp3) is 0.318. The predicted molar refractivity (Wildman–Crippen MR) is 118 cm³/mol. The molecule has 1 saturated heterocycles. The molecule has 32 heavy (non-hydrogen) atoms. The van der Waals surface area contributed by atoms with Crippen LogP contribution in [0.1, 0.15) is 51.1 Å². The lowest BCUT2D eigenvalue weighted by atomic mass is 10.0. The van der Waals surface area contributed by atoms with Gasteiger partial charge in [0.1, 0.15) is 12.0 Å². The van der Waals surface area contributed by atoms with Gasteiger partial charge in [0.2, 0.25) is 0 Å². The summed E-state index contributed by atoms with van der Waals surface area (Å²) in [7, 11) is 0. The van der Waals surface area contributed by atoms with Gasteiger partial charge >= 0.3 is 0 Å². The minimum atomic E-state index is -0.162. The van der Waals surface area contributed by atoms with Crippen LogP contribution in [0.4, 0.5) is 0 Å². The number of carbonyl (C=O) groups excluding carboxylic acids is 2. The number of rotatable bonds is 3. The van der Waals surface area contributed by atoms with Crippen molar-refractivity contribution in [1.82, 2.24) is 29.5 Å². The number of halogens is 2. The monoisotopic (exact) mass is 470 g/mol. The van der Waals surface area contributed by atoms with E-state index in [-0.39, 0.29) is 17.9 Å². The van der Waals surface area contributed by atoms with Crippen LogP contribution < -0.4 is 0 Å². The molecule has 10 heteroatoms. The van der Waals surface area contributed by atoms with E-state index in [1.54, 1.807) is 40.0 Å². The van der Waals surface area contributed by atoms with Crippen molar-refractivity contribution in [2.24, 2.45) is 0 Å². The molecule has 1 fully saturated rings. The number of hydrogen-bond acceptors (Lipinski definition) is 5. The lowest BCUT2D eigenvalue weighted by Gasteiger charge is -2.27. The number of fused-ring (bicyclic) bond motifs is 1. The van der Waals surface area contributed by atoms with E-state index in [1.165, 1.54) is 6.33 Å². The van der Waals surface area contributed by atoms with Crippen LogP contribution in [-0.2, 0) is 13.1 Å². The Morgan fingerprint density at radius 1 is 1.00 bits per heavy atom. The molecule has 164 valence electrons. The standard InChI is InChI=1S/C22H20Cl2N6O2/c23-14-3-4-16(17(24)10-14)20-2-1-7-29(20)22(32)19-11-15-12-28(8-9-30(15)27-19)21(31)18-5-6-25-13-26-18/h3-6,10-11,13,20H,1-2,7-9,12H2. The van der Waals surface area contributed by atoms with E-state index in [9.17, 15) is 9.59 Å². The molecule has 0 radical (unpaired) electrons. The Morgan fingerprint density at radius 2 is 1.88 bits per heavy atom. The van der Waals surface area contributed by atoms with Crippen LogP contribution in [0.5, 0.6) is 0 Å². The van der Waals surface area contributed by atoms with Gasteiger partial charge in [-0.3, -0.25) is 14.3 Å². The van der Waals surface area contributed by atoms with E-state index >= 15 is 0 Å². The average Bonchev–Trinajstić information content (AvgIpc) is 3.45. The number of aromatic nitrogens is 4. The molecular weight excluding hydrogens is 451 g/mol.